The van der Waals surface area contributed by atoms with Crippen molar-refractivity contribution in [3.05, 3.63) is 35.9 Å². The molecule has 1 aromatic carbocycles. The fraction of sp³-hybridized carbons (Fsp3) is 0.500. The number of alkyl halides is 1. The average molecular weight is 298 g/mol. The molecule has 0 aliphatic carbocycles. The Bertz CT molecular complexity index is 339. The minimum atomic E-state index is 0.146. The van der Waals surface area contributed by atoms with Gasteiger partial charge >= 0.3 is 0 Å². The summed E-state index contributed by atoms with van der Waals surface area (Å²) in [6.07, 6.45) is 2.16. The van der Waals surface area contributed by atoms with Crippen LogP contribution in [0.4, 0.5) is 0 Å². The number of unbranched alkanes of at least 4 members (excludes halogenated alkanes) is 1. The molecular formula is C14H20BrNO. The number of amides is 1. The molecule has 0 aliphatic rings. The molecule has 0 unspecified atom stereocenters. The van der Waals surface area contributed by atoms with Crippen molar-refractivity contribution in [2.75, 3.05) is 11.9 Å². The first kappa shape index (κ1) is 14.2. The van der Waals surface area contributed by atoms with Crippen LogP contribution < -0.4 is 0 Å². The highest BCUT2D eigenvalue weighted by atomic mass is 79.9. The molecule has 1 atom stereocenters. The van der Waals surface area contributed by atoms with Crippen LogP contribution in [-0.2, 0) is 4.79 Å². The predicted octanol–water partition coefficient (Wildman–Crippen LogP) is 3.77. The lowest BCUT2D eigenvalue weighted by molar-refractivity contribution is -0.130. The molecule has 1 amide bonds. The van der Waals surface area contributed by atoms with E-state index >= 15 is 0 Å². The lowest BCUT2D eigenvalue weighted by Gasteiger charge is -2.29. The minimum absolute atomic E-state index is 0.146. The SMILES string of the molecule is CCCCN(C(=O)CBr)[C@H](C)c1ccccc1. The lowest BCUT2D eigenvalue weighted by Crippen LogP contribution is -2.35. The summed E-state index contributed by atoms with van der Waals surface area (Å²) in [5.41, 5.74) is 1.19. The van der Waals surface area contributed by atoms with Gasteiger partial charge in [-0.05, 0) is 18.9 Å². The van der Waals surface area contributed by atoms with Gasteiger partial charge in [-0.25, -0.2) is 0 Å². The maximum atomic E-state index is 11.9. The van der Waals surface area contributed by atoms with Crippen molar-refractivity contribution in [1.82, 2.24) is 4.90 Å². The van der Waals surface area contributed by atoms with E-state index in [0.29, 0.717) is 5.33 Å². The summed E-state index contributed by atoms with van der Waals surface area (Å²) >= 11 is 3.26. The zero-order valence-electron chi connectivity index (χ0n) is 10.5. The van der Waals surface area contributed by atoms with E-state index in [2.05, 4.69) is 41.9 Å². The van der Waals surface area contributed by atoms with E-state index in [1.807, 2.05) is 23.1 Å². The molecule has 2 nitrogen and oxygen atoms in total. The van der Waals surface area contributed by atoms with Crippen LogP contribution in [0, 0.1) is 0 Å². The fourth-order valence-electron chi connectivity index (χ4n) is 1.85. The Balaban J connectivity index is 2.78. The number of nitrogens with zero attached hydrogens (tertiary/aromatic N) is 1. The fourth-order valence-corrected chi connectivity index (χ4v) is 2.17. The second kappa shape index (κ2) is 7.49. The molecule has 0 aromatic heterocycles. The molecule has 0 heterocycles. The van der Waals surface area contributed by atoms with Gasteiger partial charge in [0.25, 0.3) is 0 Å². The zero-order valence-corrected chi connectivity index (χ0v) is 12.1. The third kappa shape index (κ3) is 4.15. The molecule has 94 valence electrons. The summed E-state index contributed by atoms with van der Waals surface area (Å²) < 4.78 is 0. The number of hydrogen-bond acceptors (Lipinski definition) is 1. The van der Waals surface area contributed by atoms with Crippen molar-refractivity contribution in [3.63, 3.8) is 0 Å². The predicted molar refractivity (Wildman–Crippen MR) is 75.3 cm³/mol. The second-order valence-corrected chi connectivity index (χ2v) is 4.72. The molecule has 1 aromatic rings. The number of benzene rings is 1. The molecular weight excluding hydrogens is 278 g/mol. The molecule has 3 heteroatoms. The van der Waals surface area contributed by atoms with Gasteiger partial charge in [-0.3, -0.25) is 4.79 Å². The van der Waals surface area contributed by atoms with Crippen LogP contribution in [0.2, 0.25) is 0 Å². The molecule has 0 bridgehead atoms. The molecule has 0 N–H and O–H groups in total. The van der Waals surface area contributed by atoms with Gasteiger partial charge in [0.05, 0.1) is 11.4 Å². The van der Waals surface area contributed by atoms with Crippen LogP contribution in [0.3, 0.4) is 0 Å². The number of halogens is 1. The first-order valence-electron chi connectivity index (χ1n) is 6.11. The Labute approximate surface area is 112 Å². The van der Waals surface area contributed by atoms with Crippen LogP contribution in [0.15, 0.2) is 30.3 Å². The molecule has 0 aliphatic heterocycles. The van der Waals surface area contributed by atoms with Gasteiger partial charge in [0, 0.05) is 6.54 Å². The van der Waals surface area contributed by atoms with Crippen LogP contribution in [0.5, 0.6) is 0 Å². The summed E-state index contributed by atoms with van der Waals surface area (Å²) in [5.74, 6) is 0.162. The lowest BCUT2D eigenvalue weighted by atomic mass is 10.1. The third-order valence-electron chi connectivity index (χ3n) is 2.94. The Kier molecular flexibility index (Phi) is 6.27. The van der Waals surface area contributed by atoms with E-state index in [-0.39, 0.29) is 11.9 Å². The first-order chi connectivity index (χ1) is 8.20. The van der Waals surface area contributed by atoms with Crippen LogP contribution in [0.25, 0.3) is 0 Å². The first-order valence-corrected chi connectivity index (χ1v) is 7.23. The van der Waals surface area contributed by atoms with E-state index in [9.17, 15) is 4.79 Å². The normalized spacial score (nSPS) is 12.2. The number of hydrogen-bond donors (Lipinski definition) is 0. The van der Waals surface area contributed by atoms with Crippen molar-refractivity contribution < 1.29 is 4.79 Å². The average Bonchev–Trinajstić information content (AvgIpc) is 2.39. The standard InChI is InChI=1S/C14H20BrNO/c1-3-4-10-16(14(17)11-15)12(2)13-8-6-5-7-9-13/h5-9,12H,3-4,10-11H2,1-2H3/t12-/m1/s1. The summed E-state index contributed by atoms with van der Waals surface area (Å²) in [7, 11) is 0. The van der Waals surface area contributed by atoms with Gasteiger partial charge in [0.1, 0.15) is 0 Å². The van der Waals surface area contributed by atoms with E-state index < -0.39 is 0 Å². The third-order valence-corrected chi connectivity index (χ3v) is 3.42. The van der Waals surface area contributed by atoms with Crippen molar-refractivity contribution in [2.45, 2.75) is 32.7 Å². The minimum Gasteiger partial charge on any atom is -0.335 e. The van der Waals surface area contributed by atoms with Gasteiger partial charge < -0.3 is 4.90 Å². The molecule has 0 spiro atoms. The van der Waals surface area contributed by atoms with E-state index in [0.717, 1.165) is 19.4 Å². The number of carbonyl (C=O) groups is 1. The number of carbonyl (C=O) groups excluding carboxylic acids is 1. The van der Waals surface area contributed by atoms with Crippen molar-refractivity contribution in [3.8, 4) is 0 Å². The molecule has 1 rings (SSSR count). The topological polar surface area (TPSA) is 20.3 Å². The molecule has 0 fully saturated rings. The van der Waals surface area contributed by atoms with E-state index in [1.165, 1.54) is 5.56 Å². The maximum absolute atomic E-state index is 11.9. The Morgan fingerprint density at radius 3 is 2.53 bits per heavy atom. The molecule has 0 radical (unpaired) electrons. The van der Waals surface area contributed by atoms with Gasteiger partial charge in [-0.2, -0.15) is 0 Å². The Morgan fingerprint density at radius 1 is 1.35 bits per heavy atom. The highest BCUT2D eigenvalue weighted by molar-refractivity contribution is 9.09. The summed E-state index contributed by atoms with van der Waals surface area (Å²) in [5, 5.41) is 0.397. The monoisotopic (exact) mass is 297 g/mol. The van der Waals surface area contributed by atoms with E-state index in [1.54, 1.807) is 0 Å². The quantitative estimate of drug-likeness (QED) is 0.732. The van der Waals surface area contributed by atoms with Crippen LogP contribution in [0.1, 0.15) is 38.3 Å². The molecule has 17 heavy (non-hydrogen) atoms. The van der Waals surface area contributed by atoms with Crippen LogP contribution >= 0.6 is 15.9 Å². The Morgan fingerprint density at radius 2 is 2.00 bits per heavy atom. The van der Waals surface area contributed by atoms with Crippen molar-refractivity contribution in [2.24, 2.45) is 0 Å². The highest BCUT2D eigenvalue weighted by Crippen LogP contribution is 2.20. The summed E-state index contributed by atoms with van der Waals surface area (Å²) in [6.45, 7) is 5.06. The Hall–Kier alpha value is -0.830. The van der Waals surface area contributed by atoms with Gasteiger partial charge in [-0.15, -0.1) is 0 Å². The smallest absolute Gasteiger partial charge is 0.233 e. The van der Waals surface area contributed by atoms with Gasteiger partial charge in [-0.1, -0.05) is 59.6 Å². The van der Waals surface area contributed by atoms with Gasteiger partial charge in [0.2, 0.25) is 5.91 Å². The number of rotatable bonds is 6. The highest BCUT2D eigenvalue weighted by Gasteiger charge is 2.19. The summed E-state index contributed by atoms with van der Waals surface area (Å²) in [6, 6.07) is 10.3. The molecule has 0 saturated heterocycles. The summed E-state index contributed by atoms with van der Waals surface area (Å²) in [4.78, 5) is 13.9. The van der Waals surface area contributed by atoms with Crippen molar-refractivity contribution in [1.29, 1.82) is 0 Å². The maximum Gasteiger partial charge on any atom is 0.233 e. The largest absolute Gasteiger partial charge is 0.335 e. The second-order valence-electron chi connectivity index (χ2n) is 4.16. The zero-order chi connectivity index (χ0) is 12.7. The van der Waals surface area contributed by atoms with E-state index in [4.69, 9.17) is 0 Å². The van der Waals surface area contributed by atoms with Crippen molar-refractivity contribution >= 4 is 21.8 Å². The molecule has 0 saturated carbocycles. The van der Waals surface area contributed by atoms with Crippen LogP contribution in [-0.4, -0.2) is 22.7 Å². The van der Waals surface area contributed by atoms with Gasteiger partial charge in [0.15, 0.2) is 0 Å².